The number of rotatable bonds is 6. The highest BCUT2D eigenvalue weighted by Crippen LogP contribution is 2.35. The standard InChI is InChI=1S/C18H15F6N5O3/c1-28-15-11(7-26-28)16(31)29(9-25-15)5-4-14(30)27-12-6-10(18(22,23)24)2-3-13(12)32-8-17(19,20)21/h2-3,6-7,9H,4-5,8H2,1H3,(H,27,30). The van der Waals surface area contributed by atoms with E-state index in [1.807, 2.05) is 0 Å². The molecular formula is C18H15F6N5O3. The van der Waals surface area contributed by atoms with Gasteiger partial charge in [-0.1, -0.05) is 0 Å². The van der Waals surface area contributed by atoms with E-state index in [-0.39, 0.29) is 18.4 Å². The number of amides is 1. The molecule has 3 aromatic rings. The van der Waals surface area contributed by atoms with Crippen molar-refractivity contribution < 1.29 is 35.9 Å². The van der Waals surface area contributed by atoms with E-state index in [9.17, 15) is 35.9 Å². The number of aryl methyl sites for hydroxylation is 2. The van der Waals surface area contributed by atoms with E-state index < -0.39 is 47.4 Å². The van der Waals surface area contributed by atoms with E-state index in [0.717, 1.165) is 4.57 Å². The summed E-state index contributed by atoms with van der Waals surface area (Å²) in [6.45, 7) is -1.94. The number of hydrogen-bond acceptors (Lipinski definition) is 5. The number of halogens is 6. The van der Waals surface area contributed by atoms with Crippen LogP contribution in [0.5, 0.6) is 5.75 Å². The molecule has 0 atom stereocenters. The minimum atomic E-state index is -4.79. The highest BCUT2D eigenvalue weighted by atomic mass is 19.4. The van der Waals surface area contributed by atoms with E-state index in [1.165, 1.54) is 17.2 Å². The molecule has 1 aromatic carbocycles. The molecule has 0 aliphatic heterocycles. The highest BCUT2D eigenvalue weighted by molar-refractivity contribution is 5.92. The Morgan fingerprint density at radius 1 is 1.19 bits per heavy atom. The molecule has 0 aliphatic rings. The average Bonchev–Trinajstić information content (AvgIpc) is 3.07. The second-order valence-corrected chi connectivity index (χ2v) is 6.66. The lowest BCUT2D eigenvalue weighted by molar-refractivity contribution is -0.153. The number of alkyl halides is 6. The van der Waals surface area contributed by atoms with Crippen LogP contribution in [0.4, 0.5) is 32.0 Å². The topological polar surface area (TPSA) is 91.0 Å². The van der Waals surface area contributed by atoms with Crippen molar-refractivity contribution in [3.8, 4) is 5.75 Å². The molecule has 0 saturated heterocycles. The molecule has 32 heavy (non-hydrogen) atoms. The van der Waals surface area contributed by atoms with Crippen LogP contribution in [0.3, 0.4) is 0 Å². The Balaban J connectivity index is 1.76. The van der Waals surface area contributed by atoms with Crippen molar-refractivity contribution in [2.24, 2.45) is 7.05 Å². The molecule has 0 unspecified atom stereocenters. The van der Waals surface area contributed by atoms with Crippen LogP contribution in [0.2, 0.25) is 0 Å². The zero-order valence-electron chi connectivity index (χ0n) is 16.3. The van der Waals surface area contributed by atoms with Crippen LogP contribution in [-0.4, -0.2) is 38.0 Å². The number of ether oxygens (including phenoxy) is 1. The van der Waals surface area contributed by atoms with E-state index in [4.69, 9.17) is 0 Å². The number of anilines is 1. The van der Waals surface area contributed by atoms with Crippen molar-refractivity contribution in [3.63, 3.8) is 0 Å². The Bertz CT molecular complexity index is 1200. The van der Waals surface area contributed by atoms with Crippen LogP contribution in [0, 0.1) is 0 Å². The number of benzene rings is 1. The fourth-order valence-electron chi connectivity index (χ4n) is 2.75. The molecule has 172 valence electrons. The average molecular weight is 463 g/mol. The highest BCUT2D eigenvalue weighted by Gasteiger charge is 2.33. The van der Waals surface area contributed by atoms with Gasteiger partial charge in [0.05, 0.1) is 23.8 Å². The normalized spacial score (nSPS) is 12.2. The molecular weight excluding hydrogens is 448 g/mol. The van der Waals surface area contributed by atoms with Crippen molar-refractivity contribution in [2.45, 2.75) is 25.3 Å². The molecule has 8 nitrogen and oxygen atoms in total. The lowest BCUT2D eigenvalue weighted by Crippen LogP contribution is -2.24. The Kier molecular flexibility index (Phi) is 6.14. The second kappa shape index (κ2) is 8.51. The number of hydrogen-bond donors (Lipinski definition) is 1. The van der Waals surface area contributed by atoms with Gasteiger partial charge in [-0.25, -0.2) is 4.98 Å². The Morgan fingerprint density at radius 2 is 1.91 bits per heavy atom. The largest absolute Gasteiger partial charge is 0.482 e. The van der Waals surface area contributed by atoms with Gasteiger partial charge in [-0.15, -0.1) is 0 Å². The lowest BCUT2D eigenvalue weighted by atomic mass is 10.1. The van der Waals surface area contributed by atoms with Crippen LogP contribution in [-0.2, 0) is 24.6 Å². The molecule has 0 saturated carbocycles. The molecule has 0 bridgehead atoms. The SMILES string of the molecule is Cn1ncc2c(=O)n(CCC(=O)Nc3cc(C(F)(F)F)ccc3OCC(F)(F)F)cnc21. The summed E-state index contributed by atoms with van der Waals surface area (Å²) in [6, 6.07) is 1.70. The number of nitrogens with one attached hydrogen (secondary N) is 1. The van der Waals surface area contributed by atoms with Gasteiger partial charge in [-0.05, 0) is 18.2 Å². The zero-order chi connectivity index (χ0) is 23.7. The van der Waals surface area contributed by atoms with Gasteiger partial charge in [-0.2, -0.15) is 31.4 Å². The van der Waals surface area contributed by atoms with Crippen LogP contribution < -0.4 is 15.6 Å². The first-order chi connectivity index (χ1) is 14.8. The van der Waals surface area contributed by atoms with Crippen molar-refractivity contribution in [1.29, 1.82) is 0 Å². The molecule has 14 heteroatoms. The summed E-state index contributed by atoms with van der Waals surface area (Å²) in [6.07, 6.45) is -7.42. The third-order valence-electron chi connectivity index (χ3n) is 4.27. The van der Waals surface area contributed by atoms with Crippen LogP contribution in [0.1, 0.15) is 12.0 Å². The molecule has 0 spiro atoms. The van der Waals surface area contributed by atoms with Crippen molar-refractivity contribution in [1.82, 2.24) is 19.3 Å². The number of carbonyl (C=O) groups is 1. The second-order valence-electron chi connectivity index (χ2n) is 6.66. The fraction of sp³-hybridized carbons (Fsp3) is 0.333. The first-order valence-corrected chi connectivity index (χ1v) is 8.93. The number of fused-ring (bicyclic) bond motifs is 1. The fourth-order valence-corrected chi connectivity index (χ4v) is 2.75. The Morgan fingerprint density at radius 3 is 2.56 bits per heavy atom. The van der Waals surface area contributed by atoms with Gasteiger partial charge in [-0.3, -0.25) is 18.8 Å². The maximum atomic E-state index is 13.0. The van der Waals surface area contributed by atoms with E-state index >= 15 is 0 Å². The van der Waals surface area contributed by atoms with Crippen LogP contribution in [0.15, 0.2) is 35.5 Å². The Hall–Kier alpha value is -3.58. The van der Waals surface area contributed by atoms with Gasteiger partial charge >= 0.3 is 12.4 Å². The Labute approximate surface area is 175 Å². The molecule has 0 fully saturated rings. The summed E-state index contributed by atoms with van der Waals surface area (Å²) in [7, 11) is 1.58. The maximum Gasteiger partial charge on any atom is 0.422 e. The lowest BCUT2D eigenvalue weighted by Gasteiger charge is -2.16. The molecule has 0 radical (unpaired) electrons. The molecule has 3 rings (SSSR count). The summed E-state index contributed by atoms with van der Waals surface area (Å²) in [5.74, 6) is -1.43. The molecule has 0 aliphatic carbocycles. The minimum Gasteiger partial charge on any atom is -0.482 e. The van der Waals surface area contributed by atoms with Crippen molar-refractivity contribution in [2.75, 3.05) is 11.9 Å². The monoisotopic (exact) mass is 463 g/mol. The van der Waals surface area contributed by atoms with Gasteiger partial charge in [0.25, 0.3) is 5.56 Å². The van der Waals surface area contributed by atoms with Gasteiger partial charge in [0.1, 0.15) is 11.1 Å². The van der Waals surface area contributed by atoms with Gasteiger partial charge < -0.3 is 10.1 Å². The summed E-state index contributed by atoms with van der Waals surface area (Å²) in [5.41, 5.74) is -1.92. The summed E-state index contributed by atoms with van der Waals surface area (Å²) in [4.78, 5) is 28.7. The molecule has 2 aromatic heterocycles. The zero-order valence-corrected chi connectivity index (χ0v) is 16.3. The van der Waals surface area contributed by atoms with Gasteiger partial charge in [0.2, 0.25) is 5.91 Å². The first-order valence-electron chi connectivity index (χ1n) is 8.93. The van der Waals surface area contributed by atoms with Crippen molar-refractivity contribution >= 4 is 22.6 Å². The van der Waals surface area contributed by atoms with Crippen LogP contribution >= 0.6 is 0 Å². The number of carbonyl (C=O) groups excluding carboxylic acids is 1. The van der Waals surface area contributed by atoms with Gasteiger partial charge in [0.15, 0.2) is 12.3 Å². The third kappa shape index (κ3) is 5.36. The summed E-state index contributed by atoms with van der Waals surface area (Å²) in [5, 5.41) is 6.21. The number of aromatic nitrogens is 4. The van der Waals surface area contributed by atoms with E-state index in [1.54, 1.807) is 7.05 Å². The third-order valence-corrected chi connectivity index (χ3v) is 4.27. The van der Waals surface area contributed by atoms with Gasteiger partial charge in [0, 0.05) is 20.0 Å². The molecule has 1 amide bonds. The minimum absolute atomic E-state index is 0.180. The summed E-state index contributed by atoms with van der Waals surface area (Å²) >= 11 is 0. The van der Waals surface area contributed by atoms with Crippen molar-refractivity contribution in [3.05, 3.63) is 46.6 Å². The molecule has 2 heterocycles. The summed E-state index contributed by atoms with van der Waals surface area (Å²) < 4.78 is 83.2. The van der Waals surface area contributed by atoms with Crippen LogP contribution in [0.25, 0.3) is 11.0 Å². The van der Waals surface area contributed by atoms with E-state index in [2.05, 4.69) is 20.1 Å². The predicted octanol–water partition coefficient (Wildman–Crippen LogP) is 3.12. The first kappa shape index (κ1) is 23.1. The molecule has 1 N–H and O–H groups in total. The number of nitrogens with zero attached hydrogens (tertiary/aromatic N) is 4. The smallest absolute Gasteiger partial charge is 0.422 e. The van der Waals surface area contributed by atoms with E-state index in [0.29, 0.717) is 23.8 Å². The maximum absolute atomic E-state index is 13.0. The predicted molar refractivity (Wildman–Crippen MR) is 99.0 cm³/mol. The quantitative estimate of drug-likeness (QED) is 0.568.